The maximum Gasteiger partial charge on any atom is 0.220 e. The molecule has 40 heavy (non-hydrogen) atoms. The lowest BCUT2D eigenvalue weighted by molar-refractivity contribution is -0.203. The van der Waals surface area contributed by atoms with Crippen LogP contribution in [-0.2, 0) is 27.8 Å². The molecule has 6 heteroatoms. The van der Waals surface area contributed by atoms with E-state index in [1.165, 1.54) is 29.5 Å². The van der Waals surface area contributed by atoms with Gasteiger partial charge in [-0.3, -0.25) is 9.69 Å². The van der Waals surface area contributed by atoms with Crippen molar-refractivity contribution in [2.75, 3.05) is 20.2 Å². The van der Waals surface area contributed by atoms with Gasteiger partial charge in [0.15, 0.2) is 11.5 Å². The topological polar surface area (TPSA) is 71.0 Å². The van der Waals surface area contributed by atoms with E-state index in [9.17, 15) is 9.90 Å². The van der Waals surface area contributed by atoms with Crippen molar-refractivity contribution in [2.24, 2.45) is 11.3 Å². The number of phenolic OH excluding ortho intramolecular Hbond substituents is 1. The normalized spacial score (nSPS) is 36.3. The Kier molecular flexibility index (Phi) is 5.50. The van der Waals surface area contributed by atoms with Crippen LogP contribution < -0.4 is 10.1 Å². The van der Waals surface area contributed by atoms with Gasteiger partial charge in [0.1, 0.15) is 11.7 Å². The average Bonchev–Trinajstić information content (AvgIpc) is 3.71. The Hall–Kier alpha value is -2.83. The van der Waals surface area contributed by atoms with Gasteiger partial charge in [0.05, 0.1) is 11.5 Å². The number of hydrogen-bond acceptors (Lipinski definition) is 5. The summed E-state index contributed by atoms with van der Waals surface area (Å²) < 4.78 is 13.2. The average molecular weight is 541 g/mol. The SMILES string of the molecule is COC12C=CC3(CC1NC(=O)CCCCc1ccccc1)C1Cc4ccc(O)c5c4C3(CCN1CC1CC1)C2O5. The fourth-order valence-corrected chi connectivity index (χ4v) is 9.47. The second-order valence-corrected chi connectivity index (χ2v) is 13.3. The zero-order valence-corrected chi connectivity index (χ0v) is 23.4. The minimum atomic E-state index is -0.773. The predicted molar refractivity (Wildman–Crippen MR) is 152 cm³/mol. The molecule has 2 heterocycles. The first kappa shape index (κ1) is 24.9. The van der Waals surface area contributed by atoms with E-state index in [2.05, 4.69) is 52.7 Å². The maximum absolute atomic E-state index is 13.4. The highest BCUT2D eigenvalue weighted by Crippen LogP contribution is 2.73. The zero-order valence-electron chi connectivity index (χ0n) is 23.4. The molecular formula is C34H40N2O4. The van der Waals surface area contributed by atoms with Crippen LogP contribution >= 0.6 is 0 Å². The molecule has 7 aliphatic rings. The van der Waals surface area contributed by atoms with Crippen LogP contribution in [0.25, 0.3) is 0 Å². The summed E-state index contributed by atoms with van der Waals surface area (Å²) in [6.45, 7) is 2.21. The number of carbonyl (C=O) groups excluding carboxylic acids is 1. The number of aromatic hydroxyl groups is 1. The van der Waals surface area contributed by atoms with Crippen LogP contribution in [0, 0.1) is 11.3 Å². The molecular weight excluding hydrogens is 500 g/mol. The summed E-state index contributed by atoms with van der Waals surface area (Å²) in [6, 6.07) is 14.6. The third-order valence-electron chi connectivity index (χ3n) is 11.4. The first-order valence-electron chi connectivity index (χ1n) is 15.4. The zero-order chi connectivity index (χ0) is 27.1. The number of piperidine rings is 1. The molecule has 2 aromatic rings. The smallest absolute Gasteiger partial charge is 0.220 e. The lowest BCUT2D eigenvalue weighted by atomic mass is 9.38. The molecule has 6 atom stereocenters. The number of rotatable bonds is 9. The highest BCUT2D eigenvalue weighted by molar-refractivity contribution is 5.77. The Bertz CT molecular complexity index is 1370. The third-order valence-corrected chi connectivity index (χ3v) is 11.4. The largest absolute Gasteiger partial charge is 0.504 e. The van der Waals surface area contributed by atoms with Crippen molar-refractivity contribution in [3.63, 3.8) is 0 Å². The first-order chi connectivity index (χ1) is 19.5. The van der Waals surface area contributed by atoms with E-state index in [-0.39, 0.29) is 34.6 Å². The van der Waals surface area contributed by atoms with E-state index in [1.54, 1.807) is 7.11 Å². The van der Waals surface area contributed by atoms with Crippen molar-refractivity contribution in [2.45, 2.75) is 87.0 Å². The summed E-state index contributed by atoms with van der Waals surface area (Å²) in [7, 11) is 1.76. The van der Waals surface area contributed by atoms with Crippen LogP contribution in [0.15, 0.2) is 54.6 Å². The van der Waals surface area contributed by atoms with E-state index in [1.807, 2.05) is 12.1 Å². The molecule has 9 rings (SSSR count). The summed E-state index contributed by atoms with van der Waals surface area (Å²) in [4.78, 5) is 16.2. The van der Waals surface area contributed by atoms with Gasteiger partial charge in [0.25, 0.3) is 0 Å². The number of carbonyl (C=O) groups is 1. The summed E-state index contributed by atoms with van der Waals surface area (Å²) in [5, 5.41) is 14.4. The molecule has 1 amide bonds. The highest BCUT2D eigenvalue weighted by atomic mass is 16.6. The van der Waals surface area contributed by atoms with E-state index >= 15 is 0 Å². The fraction of sp³-hybridized carbons (Fsp3) is 0.559. The fourth-order valence-electron chi connectivity index (χ4n) is 9.47. The van der Waals surface area contributed by atoms with Crippen molar-refractivity contribution >= 4 is 5.91 Å². The molecule has 2 saturated carbocycles. The molecule has 6 nitrogen and oxygen atoms in total. The molecule has 5 aliphatic carbocycles. The number of methoxy groups -OCH3 is 1. The number of ether oxygens (including phenoxy) is 2. The quantitative estimate of drug-likeness (QED) is 0.357. The Morgan fingerprint density at radius 3 is 2.80 bits per heavy atom. The van der Waals surface area contributed by atoms with Crippen LogP contribution in [0.2, 0.25) is 0 Å². The maximum atomic E-state index is 13.4. The van der Waals surface area contributed by atoms with Gasteiger partial charge in [0.2, 0.25) is 5.91 Å². The van der Waals surface area contributed by atoms with Crippen molar-refractivity contribution in [1.82, 2.24) is 10.2 Å². The second-order valence-electron chi connectivity index (χ2n) is 13.3. The van der Waals surface area contributed by atoms with Crippen LogP contribution in [0.4, 0.5) is 0 Å². The number of likely N-dealkylation sites (tertiary alicyclic amines) is 1. The van der Waals surface area contributed by atoms with Crippen LogP contribution in [0.1, 0.15) is 61.6 Å². The molecule has 1 saturated heterocycles. The lowest BCUT2D eigenvalue weighted by Crippen LogP contribution is -2.82. The minimum absolute atomic E-state index is 0.0933. The number of phenols is 1. The number of nitrogens with zero attached hydrogens (tertiary/aromatic N) is 1. The lowest BCUT2D eigenvalue weighted by Gasteiger charge is -2.71. The van der Waals surface area contributed by atoms with Gasteiger partial charge in [-0.25, -0.2) is 0 Å². The number of hydrogen-bond donors (Lipinski definition) is 2. The molecule has 210 valence electrons. The predicted octanol–water partition coefficient (Wildman–Crippen LogP) is 4.67. The number of aryl methyl sites for hydroxylation is 1. The molecule has 0 radical (unpaired) electrons. The molecule has 2 aliphatic heterocycles. The number of fused-ring (bicyclic) bond motifs is 1. The summed E-state index contributed by atoms with van der Waals surface area (Å²) in [5.41, 5.74) is 2.67. The van der Waals surface area contributed by atoms with Gasteiger partial charge < -0.3 is 19.9 Å². The van der Waals surface area contributed by atoms with Gasteiger partial charge in [-0.1, -0.05) is 48.6 Å². The van der Waals surface area contributed by atoms with Gasteiger partial charge >= 0.3 is 0 Å². The monoisotopic (exact) mass is 540 g/mol. The first-order valence-corrected chi connectivity index (χ1v) is 15.4. The highest BCUT2D eigenvalue weighted by Gasteiger charge is 2.79. The van der Waals surface area contributed by atoms with E-state index < -0.39 is 5.60 Å². The van der Waals surface area contributed by atoms with Crippen molar-refractivity contribution in [3.05, 3.63) is 71.3 Å². The third kappa shape index (κ3) is 3.26. The second kappa shape index (κ2) is 8.83. The Morgan fingerprint density at radius 1 is 1.15 bits per heavy atom. The van der Waals surface area contributed by atoms with Crippen LogP contribution in [0.5, 0.6) is 11.5 Å². The minimum Gasteiger partial charge on any atom is -0.504 e. The molecule has 2 spiro atoms. The summed E-state index contributed by atoms with van der Waals surface area (Å²) >= 11 is 0. The summed E-state index contributed by atoms with van der Waals surface area (Å²) in [6.07, 6.45) is 13.2. The van der Waals surface area contributed by atoms with Gasteiger partial charge in [-0.2, -0.15) is 0 Å². The van der Waals surface area contributed by atoms with Crippen molar-refractivity contribution in [1.29, 1.82) is 0 Å². The van der Waals surface area contributed by atoms with Crippen molar-refractivity contribution in [3.8, 4) is 11.5 Å². The van der Waals surface area contributed by atoms with Gasteiger partial charge in [0, 0.05) is 37.1 Å². The summed E-state index contributed by atoms with van der Waals surface area (Å²) in [5.74, 6) is 1.79. The van der Waals surface area contributed by atoms with E-state index in [4.69, 9.17) is 9.47 Å². The molecule has 2 N–H and O–H groups in total. The Labute approximate surface area is 236 Å². The van der Waals surface area contributed by atoms with Crippen LogP contribution in [-0.4, -0.2) is 59.9 Å². The molecule has 0 aromatic heterocycles. The number of benzene rings is 2. The van der Waals surface area contributed by atoms with Gasteiger partial charge in [-0.05, 0) is 81.0 Å². The number of nitrogens with one attached hydrogen (secondary N) is 1. The molecule has 2 aromatic carbocycles. The van der Waals surface area contributed by atoms with E-state index in [0.717, 1.165) is 57.5 Å². The van der Waals surface area contributed by atoms with Crippen molar-refractivity contribution < 1.29 is 19.4 Å². The molecule has 4 bridgehead atoms. The molecule has 3 fully saturated rings. The Morgan fingerprint density at radius 2 is 2.00 bits per heavy atom. The number of unbranched alkanes of at least 4 members (excludes halogenated alkanes) is 1. The Balaban J connectivity index is 1.11. The van der Waals surface area contributed by atoms with Gasteiger partial charge in [-0.15, -0.1) is 0 Å². The van der Waals surface area contributed by atoms with E-state index in [0.29, 0.717) is 18.2 Å². The molecule has 6 unspecified atom stereocenters. The number of amides is 1. The van der Waals surface area contributed by atoms with Crippen LogP contribution in [0.3, 0.4) is 0 Å². The standard InChI is InChI=1S/C34H40N2O4/c1-39-34-16-15-32(20-26(34)35-28(38)10-6-5-9-22-7-3-2-4-8-22)27-19-24-13-14-25(37)30-29(24)33(32,31(34)40-30)17-18-36(27)21-23-11-12-23/h2-4,7-8,13-16,23,26-27,31,37H,5-6,9-12,17-21H2,1H3,(H,35,38).